The van der Waals surface area contributed by atoms with Gasteiger partial charge in [0.1, 0.15) is 11.8 Å². The van der Waals surface area contributed by atoms with Crippen LogP contribution in [-0.4, -0.2) is 21.0 Å². The SMILES string of the molecule is CC1OC(=O)Nc2cc3nc(-c4ccccn4)[nH]c3cc21. The highest BCUT2D eigenvalue weighted by Crippen LogP contribution is 2.33. The fourth-order valence-corrected chi connectivity index (χ4v) is 2.51. The summed E-state index contributed by atoms with van der Waals surface area (Å²) in [7, 11) is 0. The van der Waals surface area contributed by atoms with Crippen LogP contribution in [0.5, 0.6) is 0 Å². The lowest BCUT2D eigenvalue weighted by Gasteiger charge is -2.23. The molecule has 0 spiro atoms. The van der Waals surface area contributed by atoms with E-state index in [9.17, 15) is 4.79 Å². The molecule has 104 valence electrons. The van der Waals surface area contributed by atoms with Crippen LogP contribution in [0, 0.1) is 0 Å². The summed E-state index contributed by atoms with van der Waals surface area (Å²) in [6.07, 6.45) is 1.01. The number of nitrogens with one attached hydrogen (secondary N) is 2. The zero-order chi connectivity index (χ0) is 14.4. The van der Waals surface area contributed by atoms with Gasteiger partial charge in [0.15, 0.2) is 5.82 Å². The van der Waals surface area contributed by atoms with Crippen LogP contribution in [0.2, 0.25) is 0 Å². The Morgan fingerprint density at radius 3 is 3.00 bits per heavy atom. The van der Waals surface area contributed by atoms with Gasteiger partial charge in [-0.25, -0.2) is 9.78 Å². The number of aromatic amines is 1. The molecule has 0 aliphatic carbocycles. The summed E-state index contributed by atoms with van der Waals surface area (Å²) in [5.74, 6) is 0.702. The third-order valence-electron chi connectivity index (χ3n) is 3.52. The van der Waals surface area contributed by atoms with Crippen LogP contribution < -0.4 is 5.32 Å². The third-order valence-corrected chi connectivity index (χ3v) is 3.52. The molecule has 0 radical (unpaired) electrons. The summed E-state index contributed by atoms with van der Waals surface area (Å²) >= 11 is 0. The first-order chi connectivity index (χ1) is 10.2. The van der Waals surface area contributed by atoms with Gasteiger partial charge in [0.25, 0.3) is 0 Å². The number of aromatic nitrogens is 3. The molecule has 21 heavy (non-hydrogen) atoms. The highest BCUT2D eigenvalue weighted by Gasteiger charge is 2.24. The summed E-state index contributed by atoms with van der Waals surface area (Å²) in [6.45, 7) is 1.85. The number of cyclic esters (lactones) is 1. The molecule has 6 nitrogen and oxygen atoms in total. The normalized spacial score (nSPS) is 17.2. The first-order valence-corrected chi connectivity index (χ1v) is 6.63. The van der Waals surface area contributed by atoms with Crippen LogP contribution in [0.3, 0.4) is 0 Å². The van der Waals surface area contributed by atoms with Crippen LogP contribution in [0.4, 0.5) is 10.5 Å². The molecule has 0 saturated heterocycles. The largest absolute Gasteiger partial charge is 0.441 e. The maximum atomic E-state index is 11.4. The Morgan fingerprint density at radius 1 is 1.29 bits per heavy atom. The summed E-state index contributed by atoms with van der Waals surface area (Å²) in [5, 5.41) is 2.70. The Hall–Kier alpha value is -2.89. The first-order valence-electron chi connectivity index (χ1n) is 6.63. The van der Waals surface area contributed by atoms with Crippen molar-refractivity contribution in [3.8, 4) is 11.5 Å². The fourth-order valence-electron chi connectivity index (χ4n) is 2.51. The van der Waals surface area contributed by atoms with E-state index in [1.807, 2.05) is 37.3 Å². The Balaban J connectivity index is 1.87. The molecule has 3 heterocycles. The topological polar surface area (TPSA) is 79.9 Å². The zero-order valence-electron chi connectivity index (χ0n) is 11.3. The van der Waals surface area contributed by atoms with E-state index in [2.05, 4.69) is 20.3 Å². The number of imidazole rings is 1. The zero-order valence-corrected chi connectivity index (χ0v) is 11.3. The lowest BCUT2D eigenvalue weighted by Crippen LogP contribution is -2.22. The summed E-state index contributed by atoms with van der Waals surface area (Å²) < 4.78 is 5.16. The number of amides is 1. The van der Waals surface area contributed by atoms with Gasteiger partial charge in [-0.2, -0.15) is 0 Å². The number of carbonyl (C=O) groups is 1. The maximum Gasteiger partial charge on any atom is 0.412 e. The molecule has 1 atom stereocenters. The number of benzene rings is 1. The number of nitrogens with zero attached hydrogens (tertiary/aromatic N) is 2. The van der Waals surface area contributed by atoms with Crippen LogP contribution >= 0.6 is 0 Å². The van der Waals surface area contributed by atoms with E-state index >= 15 is 0 Å². The third kappa shape index (κ3) is 1.92. The average Bonchev–Trinajstić information content (AvgIpc) is 2.89. The number of anilines is 1. The van der Waals surface area contributed by atoms with E-state index < -0.39 is 6.09 Å². The lowest BCUT2D eigenvalue weighted by atomic mass is 10.1. The van der Waals surface area contributed by atoms with Crippen molar-refractivity contribution < 1.29 is 9.53 Å². The van der Waals surface area contributed by atoms with Gasteiger partial charge in [0, 0.05) is 11.8 Å². The molecular weight excluding hydrogens is 268 g/mol. The molecule has 1 aromatic carbocycles. The van der Waals surface area contributed by atoms with E-state index in [0.717, 1.165) is 28.0 Å². The molecule has 1 unspecified atom stereocenters. The molecular formula is C15H12N4O2. The second-order valence-electron chi connectivity index (χ2n) is 4.93. The maximum absolute atomic E-state index is 11.4. The number of ether oxygens (including phenoxy) is 1. The summed E-state index contributed by atoms with van der Waals surface area (Å²) in [4.78, 5) is 23.5. The van der Waals surface area contributed by atoms with Gasteiger partial charge in [-0.15, -0.1) is 0 Å². The van der Waals surface area contributed by atoms with Gasteiger partial charge in [-0.3, -0.25) is 10.3 Å². The van der Waals surface area contributed by atoms with Crippen molar-refractivity contribution in [1.29, 1.82) is 0 Å². The predicted molar refractivity (Wildman–Crippen MR) is 77.8 cm³/mol. The van der Waals surface area contributed by atoms with Crippen molar-refractivity contribution in [3.63, 3.8) is 0 Å². The first kappa shape index (κ1) is 11.9. The van der Waals surface area contributed by atoms with Gasteiger partial charge in [0.2, 0.25) is 0 Å². The van der Waals surface area contributed by atoms with E-state index in [0.29, 0.717) is 5.82 Å². The molecule has 0 saturated carbocycles. The van der Waals surface area contributed by atoms with E-state index in [1.165, 1.54) is 0 Å². The van der Waals surface area contributed by atoms with Crippen molar-refractivity contribution in [2.45, 2.75) is 13.0 Å². The number of H-pyrrole nitrogens is 1. The van der Waals surface area contributed by atoms with Crippen molar-refractivity contribution in [2.75, 3.05) is 5.32 Å². The minimum absolute atomic E-state index is 0.278. The van der Waals surface area contributed by atoms with Crippen LogP contribution in [0.1, 0.15) is 18.6 Å². The second-order valence-corrected chi connectivity index (χ2v) is 4.93. The van der Waals surface area contributed by atoms with E-state index in [4.69, 9.17) is 4.74 Å². The lowest BCUT2D eigenvalue weighted by molar-refractivity contribution is 0.117. The Morgan fingerprint density at radius 2 is 2.19 bits per heavy atom. The van der Waals surface area contributed by atoms with Gasteiger partial charge in [-0.05, 0) is 31.2 Å². The monoisotopic (exact) mass is 280 g/mol. The highest BCUT2D eigenvalue weighted by atomic mass is 16.6. The number of carbonyl (C=O) groups excluding carboxylic acids is 1. The summed E-state index contributed by atoms with van der Waals surface area (Å²) in [5.41, 5.74) is 4.12. The van der Waals surface area contributed by atoms with Crippen molar-refractivity contribution in [1.82, 2.24) is 15.0 Å². The minimum atomic E-state index is -0.435. The van der Waals surface area contributed by atoms with Crippen LogP contribution in [-0.2, 0) is 4.74 Å². The summed E-state index contributed by atoms with van der Waals surface area (Å²) in [6, 6.07) is 9.47. The van der Waals surface area contributed by atoms with E-state index in [1.54, 1.807) is 6.20 Å². The Bertz CT molecular complexity index is 842. The molecule has 3 aromatic rings. The molecule has 2 N–H and O–H groups in total. The van der Waals surface area contributed by atoms with Crippen molar-refractivity contribution in [3.05, 3.63) is 42.1 Å². The van der Waals surface area contributed by atoms with Gasteiger partial charge in [-0.1, -0.05) is 6.07 Å². The minimum Gasteiger partial charge on any atom is -0.441 e. The smallest absolute Gasteiger partial charge is 0.412 e. The molecule has 4 rings (SSSR count). The Kier molecular flexibility index (Phi) is 2.44. The molecule has 6 heteroatoms. The van der Waals surface area contributed by atoms with Gasteiger partial charge < -0.3 is 9.72 Å². The van der Waals surface area contributed by atoms with Crippen molar-refractivity contribution in [2.24, 2.45) is 0 Å². The average molecular weight is 280 g/mol. The Labute approximate surface area is 120 Å². The molecule has 1 aliphatic rings. The van der Waals surface area contributed by atoms with Gasteiger partial charge in [0.05, 0.1) is 16.7 Å². The standard InChI is InChI=1S/C15H12N4O2/c1-8-9-6-12-13(7-11(9)19-15(20)21-8)18-14(17-12)10-4-2-3-5-16-10/h2-8H,1H3,(H,17,18)(H,19,20). The second kappa shape index (κ2) is 4.31. The predicted octanol–water partition coefficient (Wildman–Crippen LogP) is 3.25. The molecule has 0 bridgehead atoms. The molecule has 2 aromatic heterocycles. The quantitative estimate of drug-likeness (QED) is 0.717. The van der Waals surface area contributed by atoms with Crippen molar-refractivity contribution >= 4 is 22.8 Å². The number of hydrogen-bond acceptors (Lipinski definition) is 4. The van der Waals surface area contributed by atoms with Crippen LogP contribution in [0.25, 0.3) is 22.6 Å². The van der Waals surface area contributed by atoms with Crippen LogP contribution in [0.15, 0.2) is 36.5 Å². The highest BCUT2D eigenvalue weighted by molar-refractivity contribution is 5.93. The van der Waals surface area contributed by atoms with E-state index in [-0.39, 0.29) is 6.10 Å². The molecule has 0 fully saturated rings. The molecule has 1 amide bonds. The number of fused-ring (bicyclic) bond motifs is 2. The number of pyridine rings is 1. The number of rotatable bonds is 1. The number of hydrogen-bond donors (Lipinski definition) is 2. The molecule has 1 aliphatic heterocycles. The fraction of sp³-hybridized carbons (Fsp3) is 0.133. The van der Waals surface area contributed by atoms with Gasteiger partial charge >= 0.3 is 6.09 Å².